The zero-order valence-electron chi connectivity index (χ0n) is 32.8. The summed E-state index contributed by atoms with van der Waals surface area (Å²) >= 11 is 0.800. The summed E-state index contributed by atoms with van der Waals surface area (Å²) in [6.45, 7) is 8.44. The highest BCUT2D eigenvalue weighted by Crippen LogP contribution is 2.49. The van der Waals surface area contributed by atoms with Crippen LogP contribution in [0.3, 0.4) is 0 Å². The number of nitrogens with zero attached hydrogens (tertiary/aromatic N) is 2. The lowest BCUT2D eigenvalue weighted by atomic mass is 9.80. The van der Waals surface area contributed by atoms with E-state index < -0.39 is 68.6 Å². The van der Waals surface area contributed by atoms with Crippen molar-refractivity contribution < 1.29 is 66.5 Å². The van der Waals surface area contributed by atoms with Crippen LogP contribution in [0.1, 0.15) is 70.9 Å². The molecule has 0 spiro atoms. The van der Waals surface area contributed by atoms with Crippen molar-refractivity contribution in [2.24, 2.45) is 0 Å². The Kier molecular flexibility index (Phi) is 15.9. The molecule has 328 valence electrons. The van der Waals surface area contributed by atoms with Crippen molar-refractivity contribution >= 4 is 63.9 Å². The number of fused-ring (bicyclic) bond motifs is 2. The summed E-state index contributed by atoms with van der Waals surface area (Å²) in [7, 11) is -17.2. The minimum absolute atomic E-state index is 0.0787. The molecule has 2 aliphatic rings. The van der Waals surface area contributed by atoms with Crippen LogP contribution in [0.5, 0.6) is 0 Å². The molecule has 0 fully saturated rings. The van der Waals surface area contributed by atoms with Crippen molar-refractivity contribution in [3.63, 3.8) is 0 Å². The molecule has 5 N–H and O–H groups in total. The van der Waals surface area contributed by atoms with Crippen molar-refractivity contribution in [3.05, 3.63) is 95.3 Å². The molecule has 0 aromatic heterocycles. The van der Waals surface area contributed by atoms with E-state index in [1.54, 1.807) is 42.5 Å². The van der Waals surface area contributed by atoms with Gasteiger partial charge in [0.15, 0.2) is 0 Å². The Balaban J connectivity index is 1.70. The Hall–Kier alpha value is -3.13. The van der Waals surface area contributed by atoms with Crippen molar-refractivity contribution in [1.82, 2.24) is 0 Å². The number of unbranched alkanes of at least 4 members (excludes halogenated alkanes) is 2. The van der Waals surface area contributed by atoms with Crippen LogP contribution in [0, 0.1) is 0 Å². The number of hydrogen-bond acceptors (Lipinski definition) is 14. The van der Waals surface area contributed by atoms with Gasteiger partial charge in [0.2, 0.25) is 0 Å². The Labute approximate surface area is 350 Å². The van der Waals surface area contributed by atoms with Crippen LogP contribution in [-0.2, 0) is 60.7 Å². The minimum Gasteiger partial charge on any atom is -0.364 e. The second-order valence-corrected chi connectivity index (χ2v) is 22.2. The summed E-state index contributed by atoms with van der Waals surface area (Å²) in [5.41, 5.74) is 2.79. The first-order chi connectivity index (χ1) is 27.2. The maximum absolute atomic E-state index is 12.0. The van der Waals surface area contributed by atoms with Crippen LogP contribution < -0.4 is 9.80 Å². The molecule has 1 unspecified atom stereocenters. The van der Waals surface area contributed by atoms with Gasteiger partial charge in [-0.15, -0.1) is 4.33 Å². The van der Waals surface area contributed by atoms with Gasteiger partial charge in [-0.1, -0.05) is 63.1 Å². The first-order valence-electron chi connectivity index (χ1n) is 18.3. The van der Waals surface area contributed by atoms with Crippen LogP contribution in [0.25, 0.3) is 0 Å². The van der Waals surface area contributed by atoms with Gasteiger partial charge in [-0.25, -0.2) is 5.26 Å². The summed E-state index contributed by atoms with van der Waals surface area (Å²) < 4.78 is 136. The molecule has 2 aromatic carbocycles. The lowest BCUT2D eigenvalue weighted by molar-refractivity contribution is -0.432. The highest BCUT2D eigenvalue weighted by Gasteiger charge is 2.43. The monoisotopic (exact) mass is 922 g/mol. The Morgan fingerprint density at radius 3 is 1.97 bits per heavy atom. The Morgan fingerprint density at radius 2 is 1.37 bits per heavy atom. The molecule has 2 aromatic rings. The van der Waals surface area contributed by atoms with Crippen molar-refractivity contribution in [2.75, 3.05) is 40.1 Å². The van der Waals surface area contributed by atoms with Crippen LogP contribution in [0.2, 0.25) is 0 Å². The maximum Gasteiger partial charge on any atom is 0.294 e. The van der Waals surface area contributed by atoms with E-state index in [0.717, 1.165) is 23.3 Å². The molecule has 4 rings (SSSR count). The summed E-state index contributed by atoms with van der Waals surface area (Å²) in [4.78, 5) is 4.32. The van der Waals surface area contributed by atoms with Gasteiger partial charge < -0.3 is 9.80 Å². The summed E-state index contributed by atoms with van der Waals surface area (Å²) in [5.74, 6) is -1.42. The Bertz CT molecular complexity index is 2420. The molecule has 2 heterocycles. The second-order valence-electron chi connectivity index (χ2n) is 15.3. The van der Waals surface area contributed by atoms with Crippen molar-refractivity contribution in [3.8, 4) is 0 Å². The first-order valence-corrected chi connectivity index (χ1v) is 25.3. The van der Waals surface area contributed by atoms with Gasteiger partial charge in [0.25, 0.3) is 40.5 Å². The van der Waals surface area contributed by atoms with Gasteiger partial charge in [-0.2, -0.15) is 33.7 Å². The third kappa shape index (κ3) is 13.4. The predicted molar refractivity (Wildman–Crippen MR) is 225 cm³/mol. The topological polar surface area (TPSA) is 263 Å². The molecule has 0 saturated heterocycles. The molecule has 1 atom stereocenters. The van der Waals surface area contributed by atoms with E-state index in [2.05, 4.69) is 14.3 Å². The summed E-state index contributed by atoms with van der Waals surface area (Å²) in [6.07, 6.45) is 11.5. The summed E-state index contributed by atoms with van der Waals surface area (Å²) in [5, 5.41) is 12.4. The van der Waals surface area contributed by atoms with E-state index in [9.17, 15) is 51.9 Å². The van der Waals surface area contributed by atoms with Crippen LogP contribution in [0.4, 0.5) is 11.4 Å². The lowest BCUT2D eigenvalue weighted by Gasteiger charge is -2.32. The molecule has 0 bridgehead atoms. The molecular weight excluding hydrogens is 873 g/mol. The smallest absolute Gasteiger partial charge is 0.294 e. The predicted octanol–water partition coefficient (Wildman–Crippen LogP) is 6.16. The molecule has 59 heavy (non-hydrogen) atoms. The van der Waals surface area contributed by atoms with E-state index in [-0.39, 0.29) is 30.2 Å². The van der Waals surface area contributed by atoms with Gasteiger partial charge in [0, 0.05) is 45.9 Å². The zero-order chi connectivity index (χ0) is 44.0. The van der Waals surface area contributed by atoms with E-state index >= 15 is 0 Å². The number of benzene rings is 2. The quantitative estimate of drug-likeness (QED) is 0.0234. The van der Waals surface area contributed by atoms with Gasteiger partial charge in [0.1, 0.15) is 0 Å². The Morgan fingerprint density at radius 1 is 0.763 bits per heavy atom. The van der Waals surface area contributed by atoms with E-state index in [1.807, 2.05) is 50.8 Å². The molecule has 0 radical (unpaired) electrons. The third-order valence-electron chi connectivity index (χ3n) is 10.3. The van der Waals surface area contributed by atoms with Crippen molar-refractivity contribution in [1.29, 1.82) is 0 Å². The van der Waals surface area contributed by atoms with E-state index in [4.69, 9.17) is 5.26 Å². The SMILES string of the molecule is CC1(C)/C(=C\C=CC(=CC=CC2N(CCCCS(=O)(=O)O)c3ccc(SOOO)cc3C2(C)C)CCS(=O)(=O)O)N(CCCCS(=O)(=O)O)c2ccc(S(=O)(=O)O)cc21. The molecule has 0 aliphatic carbocycles. The molecule has 17 nitrogen and oxygen atoms in total. The highest BCUT2D eigenvalue weighted by molar-refractivity contribution is 7.94. The fourth-order valence-electron chi connectivity index (χ4n) is 7.38. The highest BCUT2D eigenvalue weighted by atomic mass is 32.2. The fourth-order valence-corrected chi connectivity index (χ4v) is 9.92. The largest absolute Gasteiger partial charge is 0.364 e. The van der Waals surface area contributed by atoms with Crippen molar-refractivity contribution in [2.45, 2.75) is 86.5 Å². The lowest BCUT2D eigenvalue weighted by Crippen LogP contribution is -2.40. The van der Waals surface area contributed by atoms with Crippen LogP contribution >= 0.6 is 12.0 Å². The average Bonchev–Trinajstić information content (AvgIpc) is 3.45. The van der Waals surface area contributed by atoms with Gasteiger partial charge >= 0.3 is 0 Å². The van der Waals surface area contributed by atoms with E-state index in [1.165, 1.54) is 12.1 Å². The standard InChI is InChI=1S/C37H50N2O15S5/c1-36(2)30-25-28(55-54-53-40)15-17-32(30)38(20-5-7-22-56(41,42)43)34(36)13-9-11-27(19-24-58(47,48)49)12-10-14-35-37(3,4)31-26-29(59(50,51)52)16-18-33(31)39(35)21-6-8-23-57(44,45)46/h9-18,25-26,34,40H,5-8,19-24H2,1-4H3,(H,41,42,43)(H,44,45,46)(H,47,48,49)(H,50,51,52)/b12-10?,13-9?,27-11?,35-14+. The van der Waals surface area contributed by atoms with E-state index in [0.29, 0.717) is 53.3 Å². The van der Waals surface area contributed by atoms with Gasteiger partial charge in [-0.3, -0.25) is 18.2 Å². The molecule has 0 saturated carbocycles. The zero-order valence-corrected chi connectivity index (χ0v) is 36.9. The number of allylic oxidation sites excluding steroid dienone is 7. The first kappa shape index (κ1) is 48.5. The summed E-state index contributed by atoms with van der Waals surface area (Å²) in [6, 6.07) is 9.40. The number of hydrogen-bond donors (Lipinski definition) is 5. The second kappa shape index (κ2) is 19.3. The average molecular weight is 923 g/mol. The number of rotatable bonds is 21. The van der Waals surface area contributed by atoms with Crippen LogP contribution in [-0.4, -0.2) is 93.5 Å². The number of anilines is 2. The third-order valence-corrected chi connectivity index (χ3v) is 14.0. The van der Waals surface area contributed by atoms with Gasteiger partial charge in [-0.05, 0) is 91.3 Å². The maximum atomic E-state index is 12.0. The normalized spacial score (nSPS) is 19.0. The van der Waals surface area contributed by atoms with Crippen LogP contribution in [0.15, 0.2) is 93.9 Å². The van der Waals surface area contributed by atoms with Gasteiger partial charge in [0.05, 0.1) is 40.2 Å². The molecule has 0 amide bonds. The molecule has 22 heteroatoms. The molecular formula is C37H50N2O15S5. The fraction of sp³-hybridized carbons (Fsp3) is 0.459. The molecule has 2 aliphatic heterocycles. The minimum atomic E-state index is -4.53.